The molecule has 2 saturated heterocycles. The van der Waals surface area contributed by atoms with Crippen molar-refractivity contribution in [3.8, 4) is 0 Å². The summed E-state index contributed by atoms with van der Waals surface area (Å²) in [4.78, 5) is 4.72. The van der Waals surface area contributed by atoms with Crippen LogP contribution in [0.25, 0.3) is 0 Å². The van der Waals surface area contributed by atoms with Gasteiger partial charge in [0, 0.05) is 38.9 Å². The third-order valence-electron chi connectivity index (χ3n) is 4.96. The minimum absolute atomic E-state index is 0.251. The molecule has 3 rings (SSSR count). The summed E-state index contributed by atoms with van der Waals surface area (Å²) in [7, 11) is 0. The van der Waals surface area contributed by atoms with Crippen molar-refractivity contribution in [3.05, 3.63) is 18.0 Å². The van der Waals surface area contributed by atoms with E-state index in [1.165, 1.54) is 18.4 Å². The van der Waals surface area contributed by atoms with Crippen molar-refractivity contribution in [1.82, 2.24) is 19.6 Å². The summed E-state index contributed by atoms with van der Waals surface area (Å²) >= 11 is 0. The maximum Gasteiger partial charge on any atom is 0.0793 e. The average molecular weight is 322 g/mol. The molecule has 6 heteroatoms. The second-order valence-corrected chi connectivity index (χ2v) is 7.05. The average Bonchev–Trinajstić information content (AvgIpc) is 2.95. The van der Waals surface area contributed by atoms with Crippen LogP contribution >= 0.6 is 0 Å². The van der Waals surface area contributed by atoms with Gasteiger partial charge >= 0.3 is 0 Å². The molecule has 6 nitrogen and oxygen atoms in total. The van der Waals surface area contributed by atoms with Crippen LogP contribution in [0.5, 0.6) is 0 Å². The fourth-order valence-electron chi connectivity index (χ4n) is 3.62. The van der Waals surface area contributed by atoms with Crippen LogP contribution in [0.15, 0.2) is 12.4 Å². The monoisotopic (exact) mass is 322 g/mol. The van der Waals surface area contributed by atoms with E-state index in [9.17, 15) is 5.11 Å². The molecule has 1 aromatic rings. The molecule has 0 aliphatic carbocycles. The van der Waals surface area contributed by atoms with Gasteiger partial charge in [-0.05, 0) is 44.3 Å². The summed E-state index contributed by atoms with van der Waals surface area (Å²) in [5, 5.41) is 14.7. The van der Waals surface area contributed by atoms with Crippen molar-refractivity contribution in [2.24, 2.45) is 5.92 Å². The zero-order valence-electron chi connectivity index (χ0n) is 14.2. The van der Waals surface area contributed by atoms with Crippen molar-refractivity contribution in [2.45, 2.75) is 32.4 Å². The number of aromatic nitrogens is 2. The highest BCUT2D eigenvalue weighted by Crippen LogP contribution is 2.19. The van der Waals surface area contributed by atoms with E-state index in [2.05, 4.69) is 32.7 Å². The Morgan fingerprint density at radius 3 is 2.43 bits per heavy atom. The molecule has 3 heterocycles. The third-order valence-corrected chi connectivity index (χ3v) is 4.96. The Hall–Kier alpha value is -0.950. The fraction of sp³-hybridized carbons (Fsp3) is 0.824. The number of aliphatic hydroxyl groups excluding tert-OH is 1. The molecule has 0 radical (unpaired) electrons. The Morgan fingerprint density at radius 1 is 1.17 bits per heavy atom. The molecule has 0 amide bonds. The minimum Gasteiger partial charge on any atom is -0.390 e. The number of rotatable bonds is 6. The molecule has 1 atom stereocenters. The predicted molar refractivity (Wildman–Crippen MR) is 89.4 cm³/mol. The summed E-state index contributed by atoms with van der Waals surface area (Å²) in [6.45, 7) is 10.3. The number of aryl methyl sites for hydroxylation is 1. The van der Waals surface area contributed by atoms with E-state index in [0.29, 0.717) is 5.92 Å². The highest BCUT2D eigenvalue weighted by molar-refractivity contribution is 4.99. The van der Waals surface area contributed by atoms with Gasteiger partial charge < -0.3 is 14.7 Å². The van der Waals surface area contributed by atoms with Crippen molar-refractivity contribution in [2.75, 3.05) is 52.5 Å². The van der Waals surface area contributed by atoms with Crippen LogP contribution in [-0.2, 0) is 11.3 Å². The first-order valence-electron chi connectivity index (χ1n) is 8.88. The van der Waals surface area contributed by atoms with Gasteiger partial charge in [-0.2, -0.15) is 5.10 Å². The van der Waals surface area contributed by atoms with E-state index < -0.39 is 0 Å². The number of hydrogen-bond acceptors (Lipinski definition) is 5. The largest absolute Gasteiger partial charge is 0.390 e. The molecule has 0 bridgehead atoms. The maximum absolute atomic E-state index is 10.3. The van der Waals surface area contributed by atoms with Gasteiger partial charge in [0.25, 0.3) is 0 Å². The molecule has 1 N–H and O–H groups in total. The fourth-order valence-corrected chi connectivity index (χ4v) is 3.62. The van der Waals surface area contributed by atoms with Crippen molar-refractivity contribution < 1.29 is 9.84 Å². The highest BCUT2D eigenvalue weighted by Gasteiger charge is 2.23. The lowest BCUT2D eigenvalue weighted by Gasteiger charge is -2.35. The number of β-amino-alcohol motifs (C(OH)–C–C–N with tert-alkyl or cyclic N) is 1. The second kappa shape index (κ2) is 8.24. The van der Waals surface area contributed by atoms with Crippen LogP contribution in [0.2, 0.25) is 0 Å². The van der Waals surface area contributed by atoms with Gasteiger partial charge in [-0.3, -0.25) is 9.58 Å². The zero-order valence-corrected chi connectivity index (χ0v) is 14.2. The summed E-state index contributed by atoms with van der Waals surface area (Å²) in [5.41, 5.74) is 1.23. The van der Waals surface area contributed by atoms with Crippen molar-refractivity contribution >= 4 is 0 Å². The molecule has 0 spiro atoms. The Morgan fingerprint density at radius 2 is 1.83 bits per heavy atom. The van der Waals surface area contributed by atoms with E-state index >= 15 is 0 Å². The lowest BCUT2D eigenvalue weighted by Crippen LogP contribution is -2.46. The third kappa shape index (κ3) is 5.28. The number of aliphatic hydroxyl groups is 1. The first-order chi connectivity index (χ1) is 11.2. The summed E-state index contributed by atoms with van der Waals surface area (Å²) in [6, 6.07) is 0. The van der Waals surface area contributed by atoms with Crippen LogP contribution in [0.4, 0.5) is 0 Å². The molecule has 2 aliphatic rings. The lowest BCUT2D eigenvalue weighted by atomic mass is 9.96. The summed E-state index contributed by atoms with van der Waals surface area (Å²) in [5.74, 6) is 0.710. The summed E-state index contributed by atoms with van der Waals surface area (Å²) in [6.07, 6.45) is 6.19. The Balaban J connectivity index is 1.35. The van der Waals surface area contributed by atoms with Crippen LogP contribution in [0, 0.1) is 12.8 Å². The Labute approximate surface area is 139 Å². The van der Waals surface area contributed by atoms with Gasteiger partial charge in [0.2, 0.25) is 0 Å². The highest BCUT2D eigenvalue weighted by atomic mass is 16.5. The number of morpholine rings is 1. The first-order valence-corrected chi connectivity index (χ1v) is 8.88. The van der Waals surface area contributed by atoms with E-state index in [1.54, 1.807) is 0 Å². The van der Waals surface area contributed by atoms with Crippen molar-refractivity contribution in [3.63, 3.8) is 0 Å². The number of likely N-dealkylation sites (tertiary alicyclic amines) is 1. The van der Waals surface area contributed by atoms with Crippen LogP contribution in [0.3, 0.4) is 0 Å². The quantitative estimate of drug-likeness (QED) is 0.831. The molecule has 23 heavy (non-hydrogen) atoms. The van der Waals surface area contributed by atoms with E-state index in [1.807, 2.05) is 6.20 Å². The second-order valence-electron chi connectivity index (χ2n) is 7.05. The lowest BCUT2D eigenvalue weighted by molar-refractivity contribution is 0.00388. The van der Waals surface area contributed by atoms with Gasteiger partial charge in [0.05, 0.1) is 25.5 Å². The van der Waals surface area contributed by atoms with Gasteiger partial charge in [-0.15, -0.1) is 0 Å². The van der Waals surface area contributed by atoms with E-state index in [4.69, 9.17) is 4.74 Å². The zero-order chi connectivity index (χ0) is 16.1. The number of hydrogen-bond donors (Lipinski definition) is 1. The Kier molecular flexibility index (Phi) is 6.05. The summed E-state index contributed by atoms with van der Waals surface area (Å²) < 4.78 is 7.42. The molecule has 2 fully saturated rings. The molecule has 2 aliphatic heterocycles. The smallest absolute Gasteiger partial charge is 0.0793 e. The van der Waals surface area contributed by atoms with Gasteiger partial charge in [0.1, 0.15) is 0 Å². The Bertz CT molecular complexity index is 465. The SMILES string of the molecule is Cc1cnn(CC2CCN(C[C@H](O)CN3CCOCC3)CC2)c1. The minimum atomic E-state index is -0.251. The van der Waals surface area contributed by atoms with Gasteiger partial charge in [0.15, 0.2) is 0 Å². The normalized spacial score (nSPS) is 23.2. The van der Waals surface area contributed by atoms with E-state index in [0.717, 1.165) is 59.0 Å². The molecule has 0 aromatic carbocycles. The molecule has 0 saturated carbocycles. The molecule has 0 unspecified atom stereocenters. The van der Waals surface area contributed by atoms with Gasteiger partial charge in [-0.25, -0.2) is 0 Å². The molecule has 1 aromatic heterocycles. The number of piperidine rings is 1. The number of nitrogens with zero attached hydrogens (tertiary/aromatic N) is 4. The maximum atomic E-state index is 10.3. The standard InChI is InChI=1S/C17H30N4O2/c1-15-10-18-21(11-15)12-16-2-4-19(5-3-16)13-17(22)14-20-6-8-23-9-7-20/h10-11,16-17,22H,2-9,12-14H2,1H3/t17-/m0/s1. The van der Waals surface area contributed by atoms with E-state index in [-0.39, 0.29) is 6.10 Å². The van der Waals surface area contributed by atoms with Crippen LogP contribution in [0.1, 0.15) is 18.4 Å². The van der Waals surface area contributed by atoms with Gasteiger partial charge in [-0.1, -0.05) is 0 Å². The van der Waals surface area contributed by atoms with Crippen LogP contribution in [-0.4, -0.2) is 83.3 Å². The first kappa shape index (κ1) is 16.9. The molecule has 130 valence electrons. The molecular formula is C17H30N4O2. The molecular weight excluding hydrogens is 292 g/mol. The predicted octanol–water partition coefficient (Wildman–Crippen LogP) is 0.597. The number of ether oxygens (including phenoxy) is 1. The topological polar surface area (TPSA) is 53.8 Å². The van der Waals surface area contributed by atoms with Crippen molar-refractivity contribution in [1.29, 1.82) is 0 Å². The van der Waals surface area contributed by atoms with Crippen LogP contribution < -0.4 is 0 Å².